The molecule has 49 heavy (non-hydrogen) atoms. The first-order valence-electron chi connectivity index (χ1n) is 16.2. The van der Waals surface area contributed by atoms with Gasteiger partial charge in [-0.05, 0) is 65.3 Å². The SMILES string of the molecule is Cc1cccc(C)c1-c1cnc2c3[c-]cccc3c3cc(CC(C)(C)C)ccc3n12.[Ir].[Ir].[c-]1cccc2c1c1nccn1c1ccccc21. The van der Waals surface area contributed by atoms with Crippen molar-refractivity contribution in [1.29, 1.82) is 0 Å². The van der Waals surface area contributed by atoms with Gasteiger partial charge < -0.3 is 8.80 Å². The second-order valence-corrected chi connectivity index (χ2v) is 13.7. The van der Waals surface area contributed by atoms with Crippen molar-refractivity contribution in [2.75, 3.05) is 0 Å². The van der Waals surface area contributed by atoms with Crippen LogP contribution in [-0.4, -0.2) is 18.8 Å². The van der Waals surface area contributed by atoms with E-state index < -0.39 is 0 Å². The van der Waals surface area contributed by atoms with Gasteiger partial charge in [0, 0.05) is 75.4 Å². The third-order valence-electron chi connectivity index (χ3n) is 9.08. The number of benzene rings is 5. The molecule has 9 rings (SSSR count). The Bertz CT molecular complexity index is 2530. The number of aromatic nitrogens is 4. The average molecular weight is 993 g/mol. The van der Waals surface area contributed by atoms with Gasteiger partial charge in [0.05, 0.1) is 17.0 Å². The summed E-state index contributed by atoms with van der Waals surface area (Å²) in [4.78, 5) is 9.30. The molecular formula is C43H36Ir2N4-2. The number of imidazole rings is 2. The largest absolute Gasteiger partial charge is 0.340 e. The van der Waals surface area contributed by atoms with Gasteiger partial charge >= 0.3 is 0 Å². The van der Waals surface area contributed by atoms with Crippen molar-refractivity contribution in [3.8, 4) is 11.3 Å². The molecule has 0 aliphatic rings. The predicted molar refractivity (Wildman–Crippen MR) is 196 cm³/mol. The molecule has 0 N–H and O–H groups in total. The van der Waals surface area contributed by atoms with Gasteiger partial charge in [-0.3, -0.25) is 9.97 Å². The quantitative estimate of drug-likeness (QED) is 0.128. The van der Waals surface area contributed by atoms with Gasteiger partial charge in [0.25, 0.3) is 0 Å². The maximum absolute atomic E-state index is 4.87. The van der Waals surface area contributed by atoms with Crippen LogP contribution in [0.2, 0.25) is 0 Å². The maximum Gasteiger partial charge on any atom is 0.0639 e. The zero-order valence-corrected chi connectivity index (χ0v) is 32.9. The van der Waals surface area contributed by atoms with Crippen molar-refractivity contribution in [3.05, 3.63) is 144 Å². The molecule has 0 aliphatic carbocycles. The molecule has 2 radical (unpaired) electrons. The van der Waals surface area contributed by atoms with Crippen LogP contribution in [0, 0.1) is 31.4 Å². The smallest absolute Gasteiger partial charge is 0.0639 e. The van der Waals surface area contributed by atoms with Crippen LogP contribution in [0.3, 0.4) is 0 Å². The molecule has 4 nitrogen and oxygen atoms in total. The van der Waals surface area contributed by atoms with Crippen molar-refractivity contribution in [2.45, 2.75) is 41.0 Å². The number of pyridine rings is 2. The Morgan fingerprint density at radius 2 is 1.31 bits per heavy atom. The number of hydrogen-bond acceptors (Lipinski definition) is 2. The standard InChI is InChI=1S/C28H27N2.C15H9N2.2Ir/c1-18-9-8-10-19(2)26(18)25-17-29-27-22-12-7-6-11-21(22)23-15-20(16-28(3,4)5)13-14-24(23)30(25)27;1-2-7-13-11(5-1)12-6-3-4-8-14(12)17-10-9-16-15(13)17;;/h6-11,13-15,17H,16H2,1-5H3;1-6,8-10H;;/q2*-1;;. The molecule has 0 saturated carbocycles. The fourth-order valence-corrected chi connectivity index (χ4v) is 7.17. The molecule has 4 aromatic heterocycles. The van der Waals surface area contributed by atoms with E-state index in [0.29, 0.717) is 0 Å². The van der Waals surface area contributed by atoms with Crippen molar-refractivity contribution in [2.24, 2.45) is 5.41 Å². The summed E-state index contributed by atoms with van der Waals surface area (Å²) >= 11 is 0. The van der Waals surface area contributed by atoms with Crippen LogP contribution in [0.4, 0.5) is 0 Å². The fourth-order valence-electron chi connectivity index (χ4n) is 7.17. The monoisotopic (exact) mass is 994 g/mol. The summed E-state index contributed by atoms with van der Waals surface area (Å²) in [6.07, 6.45) is 6.90. The Balaban J connectivity index is 0.000000186. The molecule has 0 fully saturated rings. The van der Waals surface area contributed by atoms with Crippen molar-refractivity contribution >= 4 is 54.6 Å². The number of nitrogens with zero attached hydrogens (tertiary/aromatic N) is 4. The van der Waals surface area contributed by atoms with Gasteiger partial charge in [-0.1, -0.05) is 80.1 Å². The van der Waals surface area contributed by atoms with Crippen molar-refractivity contribution in [1.82, 2.24) is 18.8 Å². The van der Waals surface area contributed by atoms with Crippen molar-refractivity contribution < 1.29 is 40.2 Å². The van der Waals surface area contributed by atoms with Crippen LogP contribution >= 0.6 is 0 Å². The summed E-state index contributed by atoms with van der Waals surface area (Å²) in [5.74, 6) is 0. The molecule has 0 atom stereocenters. The number of para-hydroxylation sites is 1. The van der Waals surface area contributed by atoms with Gasteiger partial charge in [0.2, 0.25) is 0 Å². The summed E-state index contributed by atoms with van der Waals surface area (Å²) < 4.78 is 4.44. The summed E-state index contributed by atoms with van der Waals surface area (Å²) in [6.45, 7) is 11.2. The topological polar surface area (TPSA) is 34.6 Å². The van der Waals surface area contributed by atoms with Crippen molar-refractivity contribution in [3.63, 3.8) is 0 Å². The van der Waals surface area contributed by atoms with Crippen LogP contribution in [0.1, 0.15) is 37.5 Å². The minimum absolute atomic E-state index is 0. The molecule has 9 aromatic rings. The Kier molecular flexibility index (Phi) is 9.63. The number of hydrogen-bond donors (Lipinski definition) is 0. The summed E-state index contributed by atoms with van der Waals surface area (Å²) in [7, 11) is 0. The molecule has 6 heteroatoms. The van der Waals surface area contributed by atoms with E-state index in [9.17, 15) is 0 Å². The van der Waals surface area contributed by atoms with E-state index in [0.717, 1.165) is 34.2 Å². The Morgan fingerprint density at radius 1 is 0.653 bits per heavy atom. The first-order chi connectivity index (χ1) is 22.8. The van der Waals surface area contributed by atoms with Gasteiger partial charge in [-0.25, -0.2) is 0 Å². The molecule has 248 valence electrons. The first kappa shape index (κ1) is 34.7. The van der Waals surface area contributed by atoms with E-state index in [2.05, 4.69) is 139 Å². The first-order valence-corrected chi connectivity index (χ1v) is 16.2. The number of rotatable bonds is 2. The third-order valence-corrected chi connectivity index (χ3v) is 9.08. The van der Waals surface area contributed by atoms with E-state index in [1.165, 1.54) is 54.8 Å². The normalized spacial score (nSPS) is 11.5. The third kappa shape index (κ3) is 6.13. The van der Waals surface area contributed by atoms with Crippen LogP contribution in [0.5, 0.6) is 0 Å². The van der Waals surface area contributed by atoms with E-state index in [4.69, 9.17) is 4.98 Å². The van der Waals surface area contributed by atoms with Gasteiger partial charge in [-0.2, -0.15) is 0 Å². The van der Waals surface area contributed by atoms with Crippen LogP contribution < -0.4 is 0 Å². The van der Waals surface area contributed by atoms with E-state index in [1.54, 1.807) is 0 Å². The molecule has 0 aliphatic heterocycles. The second-order valence-electron chi connectivity index (χ2n) is 13.7. The van der Waals surface area contributed by atoms with Crippen LogP contribution in [-0.2, 0) is 46.6 Å². The van der Waals surface area contributed by atoms with E-state index >= 15 is 0 Å². The maximum atomic E-state index is 4.87. The van der Waals surface area contributed by atoms with Crippen LogP contribution in [0.25, 0.3) is 65.9 Å². The zero-order valence-electron chi connectivity index (χ0n) is 28.1. The summed E-state index contributed by atoms with van der Waals surface area (Å²) in [5.41, 5.74) is 10.9. The zero-order chi connectivity index (χ0) is 32.3. The molecule has 5 aromatic carbocycles. The molecular weight excluding hydrogens is 957 g/mol. The average Bonchev–Trinajstić information content (AvgIpc) is 3.74. The molecule has 0 saturated heterocycles. The number of aryl methyl sites for hydroxylation is 2. The van der Waals surface area contributed by atoms with E-state index in [1.807, 2.05) is 36.8 Å². The second kappa shape index (κ2) is 13.6. The minimum Gasteiger partial charge on any atom is -0.340 e. The van der Waals surface area contributed by atoms with Gasteiger partial charge in [0.15, 0.2) is 0 Å². The fraction of sp³-hybridized carbons (Fsp3) is 0.163. The Morgan fingerprint density at radius 3 is 2.02 bits per heavy atom. The number of fused-ring (bicyclic) bond motifs is 12. The Labute approximate surface area is 313 Å². The molecule has 0 bridgehead atoms. The minimum atomic E-state index is 0. The molecule has 4 heterocycles. The van der Waals surface area contributed by atoms with Crippen LogP contribution in [0.15, 0.2) is 116 Å². The summed E-state index contributed by atoms with van der Waals surface area (Å²) in [5, 5.41) is 7.09. The van der Waals surface area contributed by atoms with E-state index in [-0.39, 0.29) is 45.6 Å². The Hall–Kier alpha value is -4.18. The van der Waals surface area contributed by atoms with Gasteiger partial charge in [0.1, 0.15) is 0 Å². The molecule has 0 unspecified atom stereocenters. The van der Waals surface area contributed by atoms with Gasteiger partial charge in [-0.15, -0.1) is 59.3 Å². The predicted octanol–water partition coefficient (Wildman–Crippen LogP) is 10.7. The molecule has 0 spiro atoms. The molecule has 0 amide bonds. The summed E-state index contributed by atoms with van der Waals surface area (Å²) in [6, 6.07) is 40.9.